The summed E-state index contributed by atoms with van der Waals surface area (Å²) in [5.41, 5.74) is 0.996. The molecule has 1 N–H and O–H groups in total. The molecule has 2 aliphatic rings. The molecule has 108 valence electrons. The summed E-state index contributed by atoms with van der Waals surface area (Å²) in [5.74, 6) is 2.50. The molecule has 3 heteroatoms. The van der Waals surface area contributed by atoms with E-state index in [0.717, 1.165) is 22.4 Å². The molecule has 2 aliphatic carbocycles. The number of fused-ring (bicyclic) bond motifs is 2. The first-order chi connectivity index (χ1) is 9.63. The van der Waals surface area contributed by atoms with Crippen LogP contribution in [0.5, 0.6) is 0 Å². The fourth-order valence-electron chi connectivity index (χ4n) is 4.07. The van der Waals surface area contributed by atoms with E-state index >= 15 is 0 Å². The summed E-state index contributed by atoms with van der Waals surface area (Å²) < 4.78 is 0. The van der Waals surface area contributed by atoms with Gasteiger partial charge < -0.3 is 5.32 Å². The Kier molecular flexibility index (Phi) is 4.02. The van der Waals surface area contributed by atoms with Crippen molar-refractivity contribution in [2.24, 2.45) is 17.8 Å². The lowest BCUT2D eigenvalue weighted by molar-refractivity contribution is -0.123. The van der Waals surface area contributed by atoms with Crippen molar-refractivity contribution >= 4 is 17.5 Å². The Labute approximate surface area is 125 Å². The summed E-state index contributed by atoms with van der Waals surface area (Å²) in [6.07, 6.45) is 6.04. The molecule has 0 saturated heterocycles. The van der Waals surface area contributed by atoms with E-state index in [2.05, 4.69) is 5.32 Å². The van der Waals surface area contributed by atoms with Gasteiger partial charge in [0.25, 0.3) is 0 Å². The van der Waals surface area contributed by atoms with E-state index in [1.54, 1.807) is 0 Å². The van der Waals surface area contributed by atoms with Gasteiger partial charge in [0.2, 0.25) is 5.91 Å². The molecule has 0 spiro atoms. The molecule has 1 aromatic rings. The van der Waals surface area contributed by atoms with Crippen LogP contribution >= 0.6 is 11.6 Å². The zero-order chi connectivity index (χ0) is 14.1. The van der Waals surface area contributed by atoms with Gasteiger partial charge in [-0.25, -0.2) is 0 Å². The SMILES string of the molecule is C[C@@H](NC(=O)C[C@H]1C[C@H]2CC[C@H]1C2)c1ccccc1Cl. The third kappa shape index (κ3) is 2.85. The van der Waals surface area contributed by atoms with E-state index in [1.165, 1.54) is 25.7 Å². The van der Waals surface area contributed by atoms with Crippen LogP contribution in [0.2, 0.25) is 5.02 Å². The number of halogens is 1. The van der Waals surface area contributed by atoms with Gasteiger partial charge in [-0.1, -0.05) is 36.2 Å². The molecule has 2 nitrogen and oxygen atoms in total. The third-order valence-corrected chi connectivity index (χ3v) is 5.43. The van der Waals surface area contributed by atoms with Gasteiger partial charge in [-0.05, 0) is 55.6 Å². The van der Waals surface area contributed by atoms with E-state index in [4.69, 9.17) is 11.6 Å². The number of benzene rings is 1. The van der Waals surface area contributed by atoms with Crippen LogP contribution in [0.4, 0.5) is 0 Å². The largest absolute Gasteiger partial charge is 0.350 e. The van der Waals surface area contributed by atoms with Crippen LogP contribution in [0.3, 0.4) is 0 Å². The second-order valence-electron chi connectivity index (χ2n) is 6.45. The maximum atomic E-state index is 12.2. The lowest BCUT2D eigenvalue weighted by Crippen LogP contribution is -2.29. The minimum atomic E-state index is -0.0187. The Bertz CT molecular complexity index is 502. The van der Waals surface area contributed by atoms with Crippen molar-refractivity contribution < 1.29 is 4.79 Å². The molecule has 3 rings (SSSR count). The van der Waals surface area contributed by atoms with E-state index < -0.39 is 0 Å². The Hall–Kier alpha value is -1.02. The second kappa shape index (κ2) is 5.77. The molecule has 1 amide bonds. The molecule has 2 saturated carbocycles. The number of nitrogens with one attached hydrogen (secondary N) is 1. The van der Waals surface area contributed by atoms with Gasteiger partial charge in [0.05, 0.1) is 6.04 Å². The Morgan fingerprint density at radius 2 is 2.15 bits per heavy atom. The molecule has 0 radical (unpaired) electrons. The van der Waals surface area contributed by atoms with Crippen molar-refractivity contribution in [2.75, 3.05) is 0 Å². The highest BCUT2D eigenvalue weighted by atomic mass is 35.5. The summed E-state index contributed by atoms with van der Waals surface area (Å²) in [4.78, 5) is 12.2. The summed E-state index contributed by atoms with van der Waals surface area (Å²) in [6, 6.07) is 7.70. The summed E-state index contributed by atoms with van der Waals surface area (Å²) in [5, 5.41) is 3.82. The topological polar surface area (TPSA) is 29.1 Å². The van der Waals surface area contributed by atoms with Gasteiger partial charge in [0.1, 0.15) is 0 Å². The van der Waals surface area contributed by atoms with Crippen molar-refractivity contribution in [1.29, 1.82) is 0 Å². The van der Waals surface area contributed by atoms with Crippen molar-refractivity contribution in [3.63, 3.8) is 0 Å². The van der Waals surface area contributed by atoms with Crippen molar-refractivity contribution in [3.8, 4) is 0 Å². The van der Waals surface area contributed by atoms with Crippen molar-refractivity contribution in [3.05, 3.63) is 34.9 Å². The fraction of sp³-hybridized carbons (Fsp3) is 0.588. The van der Waals surface area contributed by atoms with Crippen LogP contribution in [0, 0.1) is 17.8 Å². The molecule has 0 unspecified atom stereocenters. The van der Waals surface area contributed by atoms with Gasteiger partial charge in [0, 0.05) is 11.4 Å². The molecule has 0 heterocycles. The standard InChI is InChI=1S/C17H22ClNO/c1-11(15-4-2-3-5-16(15)18)19-17(20)10-14-9-12-6-7-13(14)8-12/h2-5,11-14H,6-10H2,1H3,(H,19,20)/t11-,12+,13+,14-/m1/s1. The highest BCUT2D eigenvalue weighted by molar-refractivity contribution is 6.31. The molecule has 2 fully saturated rings. The zero-order valence-corrected chi connectivity index (χ0v) is 12.7. The van der Waals surface area contributed by atoms with Crippen molar-refractivity contribution in [1.82, 2.24) is 5.32 Å². The van der Waals surface area contributed by atoms with Gasteiger partial charge >= 0.3 is 0 Å². The zero-order valence-electron chi connectivity index (χ0n) is 11.9. The van der Waals surface area contributed by atoms with E-state index in [0.29, 0.717) is 12.3 Å². The number of carbonyl (C=O) groups excluding carboxylic acids is 1. The summed E-state index contributed by atoms with van der Waals surface area (Å²) in [6.45, 7) is 2.00. The van der Waals surface area contributed by atoms with E-state index in [-0.39, 0.29) is 11.9 Å². The Balaban J connectivity index is 1.55. The predicted octanol–water partition coefficient (Wildman–Crippen LogP) is 4.34. The van der Waals surface area contributed by atoms with Crippen LogP contribution in [0.1, 0.15) is 50.6 Å². The molecule has 4 atom stereocenters. The first-order valence-corrected chi connectivity index (χ1v) is 8.05. The molecule has 2 bridgehead atoms. The Morgan fingerprint density at radius 1 is 1.35 bits per heavy atom. The minimum absolute atomic E-state index is 0.0187. The molecular formula is C17H22ClNO. The second-order valence-corrected chi connectivity index (χ2v) is 6.86. The van der Waals surface area contributed by atoms with Crippen LogP contribution in [-0.2, 0) is 4.79 Å². The number of carbonyl (C=O) groups is 1. The molecule has 0 aliphatic heterocycles. The van der Waals surface area contributed by atoms with Crippen molar-refractivity contribution in [2.45, 2.75) is 45.1 Å². The van der Waals surface area contributed by atoms with Gasteiger partial charge in [-0.15, -0.1) is 0 Å². The number of hydrogen-bond acceptors (Lipinski definition) is 1. The van der Waals surface area contributed by atoms with Crippen LogP contribution in [-0.4, -0.2) is 5.91 Å². The van der Waals surface area contributed by atoms with E-state index in [1.807, 2.05) is 31.2 Å². The quantitative estimate of drug-likeness (QED) is 0.878. The van der Waals surface area contributed by atoms with E-state index in [9.17, 15) is 4.79 Å². The first kappa shape index (κ1) is 13.9. The summed E-state index contributed by atoms with van der Waals surface area (Å²) in [7, 11) is 0. The first-order valence-electron chi connectivity index (χ1n) is 7.67. The highest BCUT2D eigenvalue weighted by Crippen LogP contribution is 2.49. The lowest BCUT2D eigenvalue weighted by atomic mass is 9.86. The molecule has 0 aromatic heterocycles. The fourth-order valence-corrected chi connectivity index (χ4v) is 4.37. The van der Waals surface area contributed by atoms with Crippen LogP contribution < -0.4 is 5.32 Å². The highest BCUT2D eigenvalue weighted by Gasteiger charge is 2.40. The maximum absolute atomic E-state index is 12.2. The smallest absolute Gasteiger partial charge is 0.220 e. The Morgan fingerprint density at radius 3 is 2.80 bits per heavy atom. The van der Waals surface area contributed by atoms with Gasteiger partial charge in [-0.3, -0.25) is 4.79 Å². The molecular weight excluding hydrogens is 270 g/mol. The van der Waals surface area contributed by atoms with Crippen LogP contribution in [0.15, 0.2) is 24.3 Å². The monoisotopic (exact) mass is 291 g/mol. The number of amides is 1. The number of hydrogen-bond donors (Lipinski definition) is 1. The normalized spacial score (nSPS) is 29.4. The predicted molar refractivity (Wildman–Crippen MR) is 81.6 cm³/mol. The maximum Gasteiger partial charge on any atom is 0.220 e. The lowest BCUT2D eigenvalue weighted by Gasteiger charge is -2.22. The number of rotatable bonds is 4. The minimum Gasteiger partial charge on any atom is -0.350 e. The molecule has 1 aromatic carbocycles. The average molecular weight is 292 g/mol. The average Bonchev–Trinajstić information content (AvgIpc) is 3.01. The third-order valence-electron chi connectivity index (χ3n) is 5.08. The summed E-state index contributed by atoms with van der Waals surface area (Å²) >= 11 is 6.17. The van der Waals surface area contributed by atoms with Crippen LogP contribution in [0.25, 0.3) is 0 Å². The van der Waals surface area contributed by atoms with Gasteiger partial charge in [0.15, 0.2) is 0 Å². The van der Waals surface area contributed by atoms with Gasteiger partial charge in [-0.2, -0.15) is 0 Å². The molecule has 20 heavy (non-hydrogen) atoms.